The standard InChI is InChI=1S/C29H32ClN6O2/c1-17-8-19(30)10-20(21(17)13-34-6-4-29(5-7-34)14-31-15-29)25-22-9-18(12-36(22)33-16-32-25)11-35-26(37)23-24(27(35)38)28(23,2)3/h8-12,16,23-24,31H,4-7,13-15H2,1-3H3/q+1. The molecule has 38 heavy (non-hydrogen) atoms. The zero-order chi connectivity index (χ0) is 26.4. The number of likely N-dealkylation sites (tertiary alicyclic amines) is 1. The van der Waals surface area contributed by atoms with Crippen LogP contribution in [0.5, 0.6) is 0 Å². The quantitative estimate of drug-likeness (QED) is 0.411. The van der Waals surface area contributed by atoms with Crippen molar-refractivity contribution in [1.29, 1.82) is 0 Å². The fraction of sp³-hybridized carbons (Fsp3) is 0.483. The largest absolute Gasteiger partial charge is 0.399 e. The van der Waals surface area contributed by atoms with Crippen LogP contribution in [0.15, 0.2) is 30.7 Å². The Balaban J connectivity index is 1.23. The number of rotatable bonds is 4. The van der Waals surface area contributed by atoms with Crippen LogP contribution in [0.1, 0.15) is 43.4 Å². The van der Waals surface area contributed by atoms with E-state index in [1.54, 1.807) is 17.1 Å². The number of aryl methyl sites for hydroxylation is 1. The molecule has 3 aromatic rings. The highest BCUT2D eigenvalue weighted by atomic mass is 35.5. The first-order chi connectivity index (χ1) is 18.2. The molecule has 0 radical (unpaired) electrons. The van der Waals surface area contributed by atoms with Crippen molar-refractivity contribution in [1.82, 2.24) is 24.8 Å². The molecule has 2 amide bonds. The van der Waals surface area contributed by atoms with Crippen molar-refractivity contribution in [3.8, 4) is 11.3 Å². The van der Waals surface area contributed by atoms with E-state index in [9.17, 15) is 9.59 Å². The number of amides is 2. The van der Waals surface area contributed by atoms with Gasteiger partial charge in [-0.15, -0.1) is 0 Å². The van der Waals surface area contributed by atoms with Gasteiger partial charge < -0.3 is 5.32 Å². The average molecular weight is 532 g/mol. The number of halogens is 1. The third-order valence-corrected chi connectivity index (χ3v) is 9.75. The number of hydrogen-bond donors (Lipinski definition) is 1. The summed E-state index contributed by atoms with van der Waals surface area (Å²) in [6, 6.07) is 5.96. The van der Waals surface area contributed by atoms with Crippen LogP contribution in [0, 0.1) is 29.6 Å². The summed E-state index contributed by atoms with van der Waals surface area (Å²) in [6.45, 7) is 11.4. The Bertz CT molecular complexity index is 1520. The highest BCUT2D eigenvalue weighted by molar-refractivity contribution is 6.31. The summed E-state index contributed by atoms with van der Waals surface area (Å²) in [6.07, 6.45) is 7.48. The molecule has 5 heterocycles. The Morgan fingerprint density at radius 2 is 1.84 bits per heavy atom. The molecule has 196 valence electrons. The van der Waals surface area contributed by atoms with Gasteiger partial charge in [0.15, 0.2) is 6.21 Å². The SMILES string of the molecule is Cc1cc(Cl)cc(-c2ncnn3cc(C=[N+]4C(=O)C5C(C4=O)C5(C)C)cc23)c1CN1CCC2(CC1)CNC2. The first kappa shape index (κ1) is 24.1. The van der Waals surface area contributed by atoms with E-state index in [2.05, 4.69) is 22.2 Å². The maximum atomic E-state index is 12.9. The number of carbonyl (C=O) groups excluding carboxylic acids is 2. The molecule has 7 rings (SSSR count). The molecular weight excluding hydrogens is 500 g/mol. The highest BCUT2D eigenvalue weighted by Crippen LogP contribution is 2.62. The molecule has 0 bridgehead atoms. The first-order valence-corrected chi connectivity index (χ1v) is 13.8. The van der Waals surface area contributed by atoms with Crippen LogP contribution in [0.4, 0.5) is 0 Å². The molecule has 1 aliphatic carbocycles. The predicted octanol–water partition coefficient (Wildman–Crippen LogP) is 3.31. The Labute approximate surface area is 226 Å². The van der Waals surface area contributed by atoms with Gasteiger partial charge in [0.05, 0.1) is 16.8 Å². The lowest BCUT2D eigenvalue weighted by atomic mass is 9.73. The summed E-state index contributed by atoms with van der Waals surface area (Å²) < 4.78 is 3.05. The lowest BCUT2D eigenvalue weighted by molar-refractivity contribution is -0.375. The van der Waals surface area contributed by atoms with Gasteiger partial charge in [-0.3, -0.25) is 4.90 Å². The van der Waals surface area contributed by atoms with Crippen LogP contribution in [-0.2, 0) is 16.1 Å². The number of benzene rings is 1. The minimum Gasteiger partial charge on any atom is -0.316 e. The second-order valence-electron chi connectivity index (χ2n) is 12.3. The van der Waals surface area contributed by atoms with Crippen molar-refractivity contribution in [2.45, 2.75) is 40.2 Å². The van der Waals surface area contributed by atoms with Gasteiger partial charge in [0.2, 0.25) is 0 Å². The first-order valence-electron chi connectivity index (χ1n) is 13.4. The fourth-order valence-corrected chi connectivity index (χ4v) is 7.18. The summed E-state index contributed by atoms with van der Waals surface area (Å²) >= 11 is 6.56. The lowest BCUT2D eigenvalue weighted by Crippen LogP contribution is -2.58. The van der Waals surface area contributed by atoms with Gasteiger partial charge in [0, 0.05) is 36.4 Å². The monoisotopic (exact) mass is 531 g/mol. The molecule has 9 heteroatoms. The highest BCUT2D eigenvalue weighted by Gasteiger charge is 2.78. The Hall–Kier alpha value is -2.94. The molecule has 4 fully saturated rings. The van der Waals surface area contributed by atoms with E-state index in [1.165, 1.54) is 23.0 Å². The second-order valence-corrected chi connectivity index (χ2v) is 12.7. The molecule has 2 unspecified atom stereocenters. The van der Waals surface area contributed by atoms with Crippen LogP contribution in [0.3, 0.4) is 0 Å². The molecule has 3 saturated heterocycles. The normalized spacial score (nSPS) is 25.6. The zero-order valence-electron chi connectivity index (χ0n) is 22.0. The van der Waals surface area contributed by atoms with Gasteiger partial charge >= 0.3 is 11.8 Å². The van der Waals surface area contributed by atoms with Gasteiger partial charge in [-0.2, -0.15) is 5.10 Å². The summed E-state index contributed by atoms with van der Waals surface area (Å²) in [7, 11) is 0. The van der Waals surface area contributed by atoms with E-state index in [0.29, 0.717) is 10.4 Å². The van der Waals surface area contributed by atoms with E-state index in [0.717, 1.165) is 60.6 Å². The molecule has 3 aliphatic heterocycles. The van der Waals surface area contributed by atoms with Crippen molar-refractivity contribution in [2.24, 2.45) is 22.7 Å². The van der Waals surface area contributed by atoms with Gasteiger partial charge in [0.1, 0.15) is 18.2 Å². The van der Waals surface area contributed by atoms with Crippen LogP contribution in [0.25, 0.3) is 16.8 Å². The number of fused-ring (bicyclic) bond motifs is 2. The van der Waals surface area contributed by atoms with Crippen molar-refractivity contribution >= 4 is 35.1 Å². The van der Waals surface area contributed by atoms with E-state index in [1.807, 2.05) is 38.2 Å². The molecular formula is C29H32ClN6O2+. The molecule has 2 atom stereocenters. The van der Waals surface area contributed by atoms with Crippen LogP contribution in [-0.4, -0.2) is 68.3 Å². The number of hydrogen-bond acceptors (Lipinski definition) is 6. The molecule has 1 aromatic carbocycles. The minimum absolute atomic E-state index is 0.111. The summed E-state index contributed by atoms with van der Waals surface area (Å²) in [4.78, 5) is 33.0. The third-order valence-electron chi connectivity index (χ3n) is 9.53. The van der Waals surface area contributed by atoms with E-state index in [4.69, 9.17) is 16.6 Å². The third kappa shape index (κ3) is 3.61. The van der Waals surface area contributed by atoms with Crippen molar-refractivity contribution in [3.63, 3.8) is 0 Å². The molecule has 1 spiro atoms. The maximum Gasteiger partial charge on any atom is 0.399 e. The Morgan fingerprint density at radius 1 is 1.13 bits per heavy atom. The number of nitrogens with one attached hydrogen (secondary N) is 1. The van der Waals surface area contributed by atoms with E-state index in [-0.39, 0.29) is 29.1 Å². The average Bonchev–Trinajstić information content (AvgIpc) is 3.10. The maximum absolute atomic E-state index is 12.9. The molecule has 1 saturated carbocycles. The molecule has 2 aromatic heterocycles. The van der Waals surface area contributed by atoms with Gasteiger partial charge in [-0.25, -0.2) is 19.1 Å². The van der Waals surface area contributed by atoms with Gasteiger partial charge in [0.25, 0.3) is 0 Å². The summed E-state index contributed by atoms with van der Waals surface area (Å²) in [5.74, 6) is -0.637. The molecule has 8 nitrogen and oxygen atoms in total. The number of piperidine rings is 2. The van der Waals surface area contributed by atoms with Crippen LogP contribution < -0.4 is 5.32 Å². The predicted molar refractivity (Wildman–Crippen MR) is 144 cm³/mol. The van der Waals surface area contributed by atoms with Gasteiger partial charge in [-0.05, 0) is 73.0 Å². The van der Waals surface area contributed by atoms with E-state index >= 15 is 0 Å². The van der Waals surface area contributed by atoms with Crippen LogP contribution >= 0.6 is 11.6 Å². The van der Waals surface area contributed by atoms with Crippen LogP contribution in [0.2, 0.25) is 5.02 Å². The molecule has 4 aliphatic rings. The Kier molecular flexibility index (Phi) is 5.26. The minimum atomic E-state index is -0.229. The number of aromatic nitrogens is 3. The van der Waals surface area contributed by atoms with Crippen molar-refractivity contribution in [3.05, 3.63) is 52.4 Å². The molecule has 1 N–H and O–H groups in total. The number of carbonyl (C=O) groups is 2. The topological polar surface area (TPSA) is 82.6 Å². The van der Waals surface area contributed by atoms with Crippen molar-refractivity contribution in [2.75, 3.05) is 26.2 Å². The fourth-order valence-electron chi connectivity index (χ4n) is 6.91. The smallest absolute Gasteiger partial charge is 0.316 e. The number of nitrogens with zero attached hydrogens (tertiary/aromatic N) is 5. The summed E-state index contributed by atoms with van der Waals surface area (Å²) in [5, 5.41) is 8.53. The van der Waals surface area contributed by atoms with E-state index < -0.39 is 0 Å². The lowest BCUT2D eigenvalue weighted by Gasteiger charge is -2.48. The summed E-state index contributed by atoms with van der Waals surface area (Å²) in [5.41, 5.74) is 5.97. The number of imide groups is 1. The zero-order valence-corrected chi connectivity index (χ0v) is 22.8. The Morgan fingerprint density at radius 3 is 2.50 bits per heavy atom. The van der Waals surface area contributed by atoms with Crippen molar-refractivity contribution < 1.29 is 14.2 Å². The van der Waals surface area contributed by atoms with Gasteiger partial charge in [-0.1, -0.05) is 30.0 Å². The second kappa shape index (κ2) is 8.28.